The molecular weight excluding hydrogens is 276 g/mol. The van der Waals surface area contributed by atoms with E-state index in [2.05, 4.69) is 59.6 Å². The summed E-state index contributed by atoms with van der Waals surface area (Å²) in [6.07, 6.45) is 2.32. The number of carbonyl (C=O) groups excluding carboxylic acids is 1. The Morgan fingerprint density at radius 3 is 2.91 bits per heavy atom. The molecule has 2 aromatic rings. The van der Waals surface area contributed by atoms with Crippen molar-refractivity contribution in [1.82, 2.24) is 9.88 Å². The highest BCUT2D eigenvalue weighted by atomic mass is 16.2. The van der Waals surface area contributed by atoms with E-state index in [9.17, 15) is 4.79 Å². The first-order valence-electron chi connectivity index (χ1n) is 7.32. The molecule has 5 nitrogen and oxygen atoms in total. The SMILES string of the molecule is CN(C)Cc1cccc(-c2cnc3c(c2)CC(N)C(=O)N3)c1. The normalized spacial score (nSPS) is 17.3. The fraction of sp³-hybridized carbons (Fsp3) is 0.294. The largest absolute Gasteiger partial charge is 0.320 e. The molecule has 0 fully saturated rings. The fourth-order valence-electron chi connectivity index (χ4n) is 2.69. The molecule has 3 N–H and O–H groups in total. The van der Waals surface area contributed by atoms with Gasteiger partial charge in [-0.3, -0.25) is 4.79 Å². The van der Waals surface area contributed by atoms with E-state index in [1.54, 1.807) is 6.20 Å². The lowest BCUT2D eigenvalue weighted by Gasteiger charge is -2.21. The van der Waals surface area contributed by atoms with Crippen molar-refractivity contribution in [3.05, 3.63) is 47.7 Å². The van der Waals surface area contributed by atoms with Gasteiger partial charge >= 0.3 is 0 Å². The maximum Gasteiger partial charge on any atom is 0.242 e. The maximum atomic E-state index is 11.6. The van der Waals surface area contributed by atoms with E-state index in [0.717, 1.165) is 23.2 Å². The van der Waals surface area contributed by atoms with Gasteiger partial charge in [0.2, 0.25) is 5.91 Å². The summed E-state index contributed by atoms with van der Waals surface area (Å²) in [6.45, 7) is 0.896. The molecule has 0 saturated heterocycles. The third-order valence-electron chi connectivity index (χ3n) is 3.74. The van der Waals surface area contributed by atoms with Gasteiger partial charge in [-0.2, -0.15) is 0 Å². The summed E-state index contributed by atoms with van der Waals surface area (Å²) >= 11 is 0. The number of pyridine rings is 1. The molecule has 1 aromatic carbocycles. The van der Waals surface area contributed by atoms with Crippen molar-refractivity contribution < 1.29 is 4.79 Å². The molecule has 1 amide bonds. The Balaban J connectivity index is 1.93. The number of nitrogens with two attached hydrogens (primary N) is 1. The highest BCUT2D eigenvalue weighted by molar-refractivity contribution is 5.97. The monoisotopic (exact) mass is 296 g/mol. The second kappa shape index (κ2) is 5.87. The van der Waals surface area contributed by atoms with Gasteiger partial charge in [-0.1, -0.05) is 18.2 Å². The van der Waals surface area contributed by atoms with Crippen molar-refractivity contribution in [2.75, 3.05) is 19.4 Å². The summed E-state index contributed by atoms with van der Waals surface area (Å²) in [6, 6.07) is 9.99. The second-order valence-electron chi connectivity index (χ2n) is 5.97. The number of rotatable bonds is 3. The van der Waals surface area contributed by atoms with E-state index < -0.39 is 6.04 Å². The smallest absolute Gasteiger partial charge is 0.242 e. The zero-order valence-corrected chi connectivity index (χ0v) is 12.8. The van der Waals surface area contributed by atoms with Gasteiger partial charge < -0.3 is 16.0 Å². The number of nitrogens with zero attached hydrogens (tertiary/aromatic N) is 2. The second-order valence-corrected chi connectivity index (χ2v) is 5.97. The number of carbonyl (C=O) groups is 1. The molecule has 2 heterocycles. The van der Waals surface area contributed by atoms with Gasteiger partial charge in [-0.05, 0) is 42.9 Å². The van der Waals surface area contributed by atoms with Crippen molar-refractivity contribution in [2.45, 2.75) is 19.0 Å². The van der Waals surface area contributed by atoms with Crippen molar-refractivity contribution in [3.8, 4) is 11.1 Å². The lowest BCUT2D eigenvalue weighted by Crippen LogP contribution is -2.41. The molecule has 1 aliphatic rings. The molecule has 0 saturated carbocycles. The van der Waals surface area contributed by atoms with Crippen LogP contribution in [0.25, 0.3) is 11.1 Å². The van der Waals surface area contributed by atoms with Crippen LogP contribution in [0.4, 0.5) is 5.82 Å². The standard InChI is InChI=1S/C17H20N4O/c1-21(2)10-11-4-3-5-12(6-11)14-7-13-8-15(18)17(22)20-16(13)19-9-14/h3-7,9,15H,8,10,18H2,1-2H3,(H,19,20,22). The lowest BCUT2D eigenvalue weighted by atomic mass is 9.98. The lowest BCUT2D eigenvalue weighted by molar-refractivity contribution is -0.117. The number of anilines is 1. The predicted octanol–water partition coefficient (Wildman–Crippen LogP) is 1.63. The van der Waals surface area contributed by atoms with Gasteiger partial charge in [0.05, 0.1) is 6.04 Å². The van der Waals surface area contributed by atoms with Crippen LogP contribution in [0.3, 0.4) is 0 Å². The summed E-state index contributed by atoms with van der Waals surface area (Å²) in [5, 5.41) is 2.74. The molecule has 1 unspecified atom stereocenters. The minimum absolute atomic E-state index is 0.166. The van der Waals surface area contributed by atoms with Crippen LogP contribution in [-0.2, 0) is 17.8 Å². The molecule has 0 radical (unpaired) electrons. The molecule has 0 aliphatic carbocycles. The third kappa shape index (κ3) is 3.00. The van der Waals surface area contributed by atoms with Crippen LogP contribution < -0.4 is 11.1 Å². The molecule has 1 aliphatic heterocycles. The van der Waals surface area contributed by atoms with E-state index in [1.165, 1.54) is 5.56 Å². The molecule has 1 aromatic heterocycles. The first-order valence-corrected chi connectivity index (χ1v) is 7.32. The van der Waals surface area contributed by atoms with Gasteiger partial charge in [0.15, 0.2) is 0 Å². The predicted molar refractivity (Wildman–Crippen MR) is 87.4 cm³/mol. The number of amides is 1. The van der Waals surface area contributed by atoms with E-state index in [1.807, 2.05) is 0 Å². The van der Waals surface area contributed by atoms with Crippen LogP contribution >= 0.6 is 0 Å². The van der Waals surface area contributed by atoms with E-state index in [0.29, 0.717) is 12.2 Å². The number of fused-ring (bicyclic) bond motifs is 1. The van der Waals surface area contributed by atoms with Crippen molar-refractivity contribution >= 4 is 11.7 Å². The number of aromatic nitrogens is 1. The summed E-state index contributed by atoms with van der Waals surface area (Å²) in [5.74, 6) is 0.459. The van der Waals surface area contributed by atoms with Crippen LogP contribution in [-0.4, -0.2) is 35.9 Å². The molecular formula is C17H20N4O. The zero-order chi connectivity index (χ0) is 15.7. The number of hydrogen-bond acceptors (Lipinski definition) is 4. The van der Waals surface area contributed by atoms with E-state index in [4.69, 9.17) is 5.73 Å². The Morgan fingerprint density at radius 1 is 1.32 bits per heavy atom. The summed E-state index contributed by atoms with van der Waals surface area (Å²) < 4.78 is 0. The van der Waals surface area contributed by atoms with Crippen LogP contribution in [0.1, 0.15) is 11.1 Å². The average molecular weight is 296 g/mol. The van der Waals surface area contributed by atoms with Crippen molar-refractivity contribution in [2.24, 2.45) is 5.73 Å². The molecule has 0 spiro atoms. The van der Waals surface area contributed by atoms with Crippen LogP contribution in [0.5, 0.6) is 0 Å². The number of nitrogens with one attached hydrogen (secondary N) is 1. The first kappa shape index (κ1) is 14.7. The minimum atomic E-state index is -0.496. The van der Waals surface area contributed by atoms with E-state index in [-0.39, 0.29) is 5.91 Å². The molecule has 1 atom stereocenters. The van der Waals surface area contributed by atoms with Crippen molar-refractivity contribution in [3.63, 3.8) is 0 Å². The zero-order valence-electron chi connectivity index (χ0n) is 12.8. The Labute approximate surface area is 130 Å². The summed E-state index contributed by atoms with van der Waals surface area (Å²) in [4.78, 5) is 18.1. The maximum absolute atomic E-state index is 11.6. The quantitative estimate of drug-likeness (QED) is 0.903. The van der Waals surface area contributed by atoms with Gasteiger partial charge in [0.1, 0.15) is 5.82 Å². The topological polar surface area (TPSA) is 71.2 Å². The molecule has 0 bridgehead atoms. The highest BCUT2D eigenvalue weighted by Crippen LogP contribution is 2.27. The van der Waals surface area contributed by atoms with Crippen LogP contribution in [0, 0.1) is 0 Å². The Hall–Kier alpha value is -2.24. The molecule has 5 heteroatoms. The van der Waals surface area contributed by atoms with Crippen LogP contribution in [0.15, 0.2) is 36.5 Å². The number of benzene rings is 1. The fourth-order valence-corrected chi connectivity index (χ4v) is 2.69. The van der Waals surface area contributed by atoms with Gasteiger partial charge in [0, 0.05) is 24.7 Å². The average Bonchev–Trinajstić information content (AvgIpc) is 2.47. The summed E-state index contributed by atoms with van der Waals surface area (Å²) in [5.41, 5.74) is 10.2. The molecule has 22 heavy (non-hydrogen) atoms. The molecule has 114 valence electrons. The van der Waals surface area contributed by atoms with Crippen molar-refractivity contribution in [1.29, 1.82) is 0 Å². The van der Waals surface area contributed by atoms with E-state index >= 15 is 0 Å². The van der Waals surface area contributed by atoms with Gasteiger partial charge in [0.25, 0.3) is 0 Å². The number of hydrogen-bond donors (Lipinski definition) is 2. The highest BCUT2D eigenvalue weighted by Gasteiger charge is 2.23. The Bertz CT molecular complexity index is 712. The van der Waals surface area contributed by atoms with Gasteiger partial charge in [-0.15, -0.1) is 0 Å². The summed E-state index contributed by atoms with van der Waals surface area (Å²) in [7, 11) is 4.11. The first-order chi connectivity index (χ1) is 10.5. The third-order valence-corrected chi connectivity index (χ3v) is 3.74. The molecule has 3 rings (SSSR count). The Morgan fingerprint density at radius 2 is 2.14 bits per heavy atom. The Kier molecular flexibility index (Phi) is 3.92. The van der Waals surface area contributed by atoms with Gasteiger partial charge in [-0.25, -0.2) is 4.98 Å². The minimum Gasteiger partial charge on any atom is -0.320 e. The van der Waals surface area contributed by atoms with Crippen LogP contribution in [0.2, 0.25) is 0 Å².